The minimum atomic E-state index is 0. The predicted molar refractivity (Wildman–Crippen MR) is 109 cm³/mol. The number of rotatable bonds is 5. The molecule has 0 heterocycles. The fourth-order valence-corrected chi connectivity index (χ4v) is 3.99. The van der Waals surface area contributed by atoms with Gasteiger partial charge in [0.15, 0.2) is 0 Å². The summed E-state index contributed by atoms with van der Waals surface area (Å²) >= 11 is 0. The summed E-state index contributed by atoms with van der Waals surface area (Å²) in [5.74, 6) is 1.57. The zero-order chi connectivity index (χ0) is 18.7. The van der Waals surface area contributed by atoms with Crippen LogP contribution in [-0.2, 0) is 0 Å². The first-order chi connectivity index (χ1) is 12.5. The summed E-state index contributed by atoms with van der Waals surface area (Å²) < 4.78 is 5.80. The number of aryl methyl sites for hydroxylation is 2. The molecule has 4 heteroatoms. The molecule has 0 atom stereocenters. The van der Waals surface area contributed by atoms with Gasteiger partial charge in [-0.25, -0.2) is 0 Å². The number of benzene rings is 3. The van der Waals surface area contributed by atoms with Crippen molar-refractivity contribution in [3.8, 4) is 11.5 Å². The quantitative estimate of drug-likeness (QED) is 0.511. The van der Waals surface area contributed by atoms with E-state index in [2.05, 4.69) is 19.9 Å². The van der Waals surface area contributed by atoms with Gasteiger partial charge in [0, 0.05) is 5.52 Å². The van der Waals surface area contributed by atoms with E-state index in [1.165, 1.54) is 11.1 Å². The van der Waals surface area contributed by atoms with E-state index in [0.29, 0.717) is 8.58 Å². The molecule has 3 aromatic rings. The number of carbonyl (C=O) groups is 1. The molecule has 0 bridgehead atoms. The van der Waals surface area contributed by atoms with Crippen LogP contribution in [0.2, 0.25) is 0 Å². The minimum Gasteiger partial charge on any atom is -0.457 e. The van der Waals surface area contributed by atoms with Crippen LogP contribution in [0.3, 0.4) is 0 Å². The maximum absolute atomic E-state index is 12.9. The Morgan fingerprint density at radius 1 is 0.778 bits per heavy atom. The molecular formula is C23H22LiO2P. The molecule has 3 rings (SSSR count). The molecule has 0 N–H and O–H groups in total. The summed E-state index contributed by atoms with van der Waals surface area (Å²) in [6.07, 6.45) is 0. The van der Waals surface area contributed by atoms with E-state index >= 15 is 0 Å². The number of para-hydroxylation sites is 1. The van der Waals surface area contributed by atoms with Crippen LogP contribution in [0.4, 0.5) is 0 Å². The molecule has 0 saturated carbocycles. The normalized spacial score (nSPS) is 10.7. The molecule has 0 spiro atoms. The van der Waals surface area contributed by atoms with Gasteiger partial charge in [0.05, 0.1) is 0 Å². The van der Waals surface area contributed by atoms with Gasteiger partial charge in [-0.3, -0.25) is 0 Å². The van der Waals surface area contributed by atoms with Crippen LogP contribution in [0, 0.1) is 27.7 Å². The summed E-state index contributed by atoms with van der Waals surface area (Å²) in [4.78, 5) is 12.9. The van der Waals surface area contributed by atoms with Crippen LogP contribution in [0.15, 0.2) is 60.7 Å². The molecule has 27 heavy (non-hydrogen) atoms. The smallest absolute Gasteiger partial charge is 0.457 e. The first kappa shape index (κ1) is 21.5. The van der Waals surface area contributed by atoms with Crippen molar-refractivity contribution in [2.24, 2.45) is 0 Å². The monoisotopic (exact) mass is 368 g/mol. The molecular weight excluding hydrogens is 346 g/mol. The molecule has 0 unspecified atom stereocenters. The third kappa shape index (κ3) is 5.11. The van der Waals surface area contributed by atoms with E-state index in [1.807, 2.05) is 68.4 Å². The maximum Gasteiger partial charge on any atom is 1.00 e. The van der Waals surface area contributed by atoms with Gasteiger partial charge in [0.2, 0.25) is 0 Å². The van der Waals surface area contributed by atoms with E-state index < -0.39 is 0 Å². The Hall–Kier alpha value is -1.84. The molecule has 132 valence electrons. The summed E-state index contributed by atoms with van der Waals surface area (Å²) in [6, 6.07) is 19.5. The van der Waals surface area contributed by atoms with Crippen molar-refractivity contribution in [1.82, 2.24) is 0 Å². The van der Waals surface area contributed by atoms with Gasteiger partial charge >= 0.3 is 18.9 Å². The van der Waals surface area contributed by atoms with Crippen molar-refractivity contribution >= 4 is 19.4 Å². The third-order valence-corrected chi connectivity index (χ3v) is 5.60. The summed E-state index contributed by atoms with van der Waals surface area (Å²) in [7, 11) is 0.686. The van der Waals surface area contributed by atoms with Crippen molar-refractivity contribution in [3.63, 3.8) is 0 Å². The van der Waals surface area contributed by atoms with Crippen LogP contribution >= 0.6 is 8.58 Å². The third-order valence-electron chi connectivity index (χ3n) is 4.62. The summed E-state index contributed by atoms with van der Waals surface area (Å²) in [6.45, 7) is 8.22. The van der Waals surface area contributed by atoms with E-state index in [-0.39, 0.29) is 24.4 Å². The number of ether oxygens (including phenoxy) is 1. The van der Waals surface area contributed by atoms with Crippen LogP contribution in [-0.4, -0.2) is 5.52 Å². The maximum atomic E-state index is 12.9. The molecule has 3 aromatic carbocycles. The number of hydrogen-bond donors (Lipinski definition) is 0. The molecule has 0 aliphatic carbocycles. The standard InChI is InChI=1S/C23H22O2P.Li/c1-15-14-16(2)22(18(4)17(15)3)23(24)26-21-12-10-20(11-13-21)25-19-8-6-5-7-9-19;/h5-14H,1-4H3;/q-1;+1. The van der Waals surface area contributed by atoms with Crippen LogP contribution < -0.4 is 28.9 Å². The van der Waals surface area contributed by atoms with E-state index in [9.17, 15) is 4.79 Å². The van der Waals surface area contributed by atoms with Gasteiger partial charge in [-0.2, -0.15) is 5.30 Å². The van der Waals surface area contributed by atoms with Gasteiger partial charge in [-0.15, -0.1) is 0 Å². The first-order valence-corrected chi connectivity index (χ1v) is 9.51. The molecule has 0 radical (unpaired) electrons. The molecule has 0 amide bonds. The Morgan fingerprint density at radius 3 is 2.00 bits per heavy atom. The fraction of sp³-hybridized carbons (Fsp3) is 0.174. The fourth-order valence-electron chi connectivity index (χ4n) is 3.00. The van der Waals surface area contributed by atoms with Gasteiger partial charge in [-0.1, -0.05) is 36.4 Å². The summed E-state index contributed by atoms with van der Waals surface area (Å²) in [5.41, 5.74) is 5.55. The second-order valence-electron chi connectivity index (χ2n) is 6.46. The van der Waals surface area contributed by atoms with Crippen molar-refractivity contribution in [2.75, 3.05) is 0 Å². The number of carbonyl (C=O) groups excluding carboxylic acids is 1. The van der Waals surface area contributed by atoms with Gasteiger partial charge in [-0.05, 0) is 79.8 Å². The van der Waals surface area contributed by atoms with Crippen LogP contribution in [0.25, 0.3) is 0 Å². The second kappa shape index (κ2) is 9.38. The van der Waals surface area contributed by atoms with E-state index in [1.54, 1.807) is 0 Å². The Bertz CT molecular complexity index is 935. The molecule has 0 aliphatic heterocycles. The van der Waals surface area contributed by atoms with Crippen LogP contribution in [0.1, 0.15) is 32.6 Å². The Labute approximate surface area is 175 Å². The van der Waals surface area contributed by atoms with Crippen molar-refractivity contribution in [1.29, 1.82) is 0 Å². The van der Waals surface area contributed by atoms with Crippen molar-refractivity contribution < 1.29 is 28.4 Å². The molecule has 2 nitrogen and oxygen atoms in total. The predicted octanol–water partition coefficient (Wildman–Crippen LogP) is 3.13. The number of hydrogen-bond acceptors (Lipinski definition) is 2. The first-order valence-electron chi connectivity index (χ1n) is 8.62. The zero-order valence-corrected chi connectivity index (χ0v) is 17.4. The minimum absolute atomic E-state index is 0. The van der Waals surface area contributed by atoms with Gasteiger partial charge in [0.25, 0.3) is 0 Å². The Kier molecular flexibility index (Phi) is 7.46. The molecule has 0 aromatic heterocycles. The van der Waals surface area contributed by atoms with Crippen molar-refractivity contribution in [2.45, 2.75) is 27.7 Å². The average molecular weight is 368 g/mol. The molecule has 0 fully saturated rings. The van der Waals surface area contributed by atoms with Gasteiger partial charge < -0.3 is 18.1 Å². The van der Waals surface area contributed by atoms with E-state index in [4.69, 9.17) is 4.74 Å². The average Bonchev–Trinajstić information content (AvgIpc) is 2.62. The zero-order valence-electron chi connectivity index (χ0n) is 16.5. The van der Waals surface area contributed by atoms with Crippen molar-refractivity contribution in [3.05, 3.63) is 88.5 Å². The van der Waals surface area contributed by atoms with Crippen LogP contribution in [0.5, 0.6) is 11.5 Å². The Morgan fingerprint density at radius 2 is 1.37 bits per heavy atom. The molecule has 0 saturated heterocycles. The SMILES string of the molecule is Cc1cc(C)c(C(=O)[P-]c2ccc(Oc3ccccc3)cc2)c(C)c1C.[Li+]. The summed E-state index contributed by atoms with van der Waals surface area (Å²) in [5, 5.41) is 0.965. The largest absolute Gasteiger partial charge is 1.00 e. The topological polar surface area (TPSA) is 26.3 Å². The van der Waals surface area contributed by atoms with Gasteiger partial charge in [0.1, 0.15) is 11.5 Å². The Balaban J connectivity index is 0.00000261. The van der Waals surface area contributed by atoms with E-state index in [0.717, 1.165) is 33.5 Å². The molecule has 0 aliphatic rings. The second-order valence-corrected chi connectivity index (χ2v) is 7.61.